The molecule has 2 atom stereocenters. The highest BCUT2D eigenvalue weighted by atomic mass is 32.1. The molecule has 21 heavy (non-hydrogen) atoms. The molecule has 2 heterocycles. The standard InChI is InChI=1S/C16H21N3OS/c20-12-7-3-2-6-11(12)19-15-14-10-5-1-4-8-13(10)21-16(14)18-9-17-15/h9,11-12,20H,1-8H2,(H,17,18,19)/t11-,12-/m0/s1. The fourth-order valence-electron chi connectivity index (χ4n) is 3.65. The zero-order chi connectivity index (χ0) is 14.2. The molecular formula is C16H21N3OS. The predicted molar refractivity (Wildman–Crippen MR) is 85.9 cm³/mol. The van der Waals surface area contributed by atoms with E-state index in [2.05, 4.69) is 15.3 Å². The number of thiophene rings is 1. The largest absolute Gasteiger partial charge is 0.391 e. The van der Waals surface area contributed by atoms with Crippen LogP contribution in [0.5, 0.6) is 0 Å². The van der Waals surface area contributed by atoms with Crippen molar-refractivity contribution in [2.45, 2.75) is 63.5 Å². The number of aromatic nitrogens is 2. The van der Waals surface area contributed by atoms with E-state index in [1.807, 2.05) is 11.3 Å². The van der Waals surface area contributed by atoms with Crippen LogP contribution in [0.3, 0.4) is 0 Å². The van der Waals surface area contributed by atoms with E-state index < -0.39 is 0 Å². The van der Waals surface area contributed by atoms with Crippen LogP contribution in [0.4, 0.5) is 5.82 Å². The van der Waals surface area contributed by atoms with E-state index in [1.54, 1.807) is 6.33 Å². The minimum Gasteiger partial charge on any atom is -0.391 e. The summed E-state index contributed by atoms with van der Waals surface area (Å²) < 4.78 is 0. The summed E-state index contributed by atoms with van der Waals surface area (Å²) in [5, 5.41) is 14.9. The quantitative estimate of drug-likeness (QED) is 0.894. The van der Waals surface area contributed by atoms with E-state index in [4.69, 9.17) is 0 Å². The lowest BCUT2D eigenvalue weighted by atomic mass is 9.92. The van der Waals surface area contributed by atoms with Crippen molar-refractivity contribution in [1.82, 2.24) is 9.97 Å². The summed E-state index contributed by atoms with van der Waals surface area (Å²) in [5.41, 5.74) is 1.45. The third kappa shape index (κ3) is 2.42. The molecule has 0 aliphatic heterocycles. The van der Waals surface area contributed by atoms with Gasteiger partial charge in [0.1, 0.15) is 17.0 Å². The molecule has 1 saturated carbocycles. The highest BCUT2D eigenvalue weighted by Crippen LogP contribution is 2.38. The number of aliphatic hydroxyl groups excluding tert-OH is 1. The third-order valence-electron chi connectivity index (χ3n) is 4.80. The summed E-state index contributed by atoms with van der Waals surface area (Å²) in [6.45, 7) is 0. The number of aliphatic hydroxyl groups is 1. The molecule has 1 fully saturated rings. The van der Waals surface area contributed by atoms with Gasteiger partial charge in [-0.05, 0) is 44.1 Å². The maximum absolute atomic E-state index is 10.2. The third-order valence-corrected chi connectivity index (χ3v) is 6.00. The van der Waals surface area contributed by atoms with Gasteiger partial charge in [-0.3, -0.25) is 0 Å². The topological polar surface area (TPSA) is 58.0 Å². The molecule has 0 aromatic carbocycles. The molecule has 0 bridgehead atoms. The maximum Gasteiger partial charge on any atom is 0.138 e. The van der Waals surface area contributed by atoms with Gasteiger partial charge in [-0.2, -0.15) is 0 Å². The molecule has 4 nitrogen and oxygen atoms in total. The number of hydrogen-bond donors (Lipinski definition) is 2. The Hall–Kier alpha value is -1.20. The predicted octanol–water partition coefficient (Wildman–Crippen LogP) is 3.29. The number of hydrogen-bond acceptors (Lipinski definition) is 5. The Labute approximate surface area is 128 Å². The van der Waals surface area contributed by atoms with Crippen molar-refractivity contribution in [2.75, 3.05) is 5.32 Å². The van der Waals surface area contributed by atoms with E-state index in [9.17, 15) is 5.11 Å². The summed E-state index contributed by atoms with van der Waals surface area (Å²) in [7, 11) is 0. The second-order valence-electron chi connectivity index (χ2n) is 6.22. The molecule has 0 spiro atoms. The van der Waals surface area contributed by atoms with Crippen molar-refractivity contribution >= 4 is 27.4 Å². The number of anilines is 1. The Balaban J connectivity index is 1.72. The summed E-state index contributed by atoms with van der Waals surface area (Å²) >= 11 is 1.82. The van der Waals surface area contributed by atoms with Crippen molar-refractivity contribution in [3.05, 3.63) is 16.8 Å². The van der Waals surface area contributed by atoms with E-state index in [0.717, 1.165) is 36.3 Å². The lowest BCUT2D eigenvalue weighted by Crippen LogP contribution is -2.36. The van der Waals surface area contributed by atoms with Crippen LogP contribution in [-0.4, -0.2) is 27.2 Å². The van der Waals surface area contributed by atoms with Gasteiger partial charge in [0.25, 0.3) is 0 Å². The van der Waals surface area contributed by atoms with E-state index in [1.165, 1.54) is 41.5 Å². The normalized spacial score (nSPS) is 25.8. The molecular weight excluding hydrogens is 282 g/mol. The first-order valence-electron chi connectivity index (χ1n) is 8.03. The maximum atomic E-state index is 10.2. The minimum absolute atomic E-state index is 0.135. The van der Waals surface area contributed by atoms with Crippen LogP contribution in [0.1, 0.15) is 49.0 Å². The second-order valence-corrected chi connectivity index (χ2v) is 7.30. The van der Waals surface area contributed by atoms with Gasteiger partial charge in [-0.1, -0.05) is 12.8 Å². The van der Waals surface area contributed by atoms with Crippen molar-refractivity contribution in [3.63, 3.8) is 0 Å². The van der Waals surface area contributed by atoms with Crippen LogP contribution in [0.25, 0.3) is 10.2 Å². The van der Waals surface area contributed by atoms with Crippen LogP contribution in [0.15, 0.2) is 6.33 Å². The number of fused-ring (bicyclic) bond motifs is 3. The highest BCUT2D eigenvalue weighted by molar-refractivity contribution is 7.19. The van der Waals surface area contributed by atoms with Gasteiger partial charge in [-0.15, -0.1) is 11.3 Å². The molecule has 0 radical (unpaired) electrons. The number of rotatable bonds is 2. The van der Waals surface area contributed by atoms with Gasteiger partial charge in [0.2, 0.25) is 0 Å². The highest BCUT2D eigenvalue weighted by Gasteiger charge is 2.25. The molecule has 0 amide bonds. The molecule has 112 valence electrons. The fourth-order valence-corrected chi connectivity index (χ4v) is 4.88. The smallest absolute Gasteiger partial charge is 0.138 e. The number of nitrogens with zero attached hydrogens (tertiary/aromatic N) is 2. The zero-order valence-corrected chi connectivity index (χ0v) is 13.0. The molecule has 2 aromatic rings. The average Bonchev–Trinajstić information content (AvgIpc) is 2.89. The molecule has 0 saturated heterocycles. The van der Waals surface area contributed by atoms with E-state index in [-0.39, 0.29) is 12.1 Å². The van der Waals surface area contributed by atoms with Crippen molar-refractivity contribution in [3.8, 4) is 0 Å². The van der Waals surface area contributed by atoms with Gasteiger partial charge in [-0.25, -0.2) is 9.97 Å². The van der Waals surface area contributed by atoms with Gasteiger partial charge in [0.05, 0.1) is 17.5 Å². The lowest BCUT2D eigenvalue weighted by Gasteiger charge is -2.29. The SMILES string of the molecule is O[C@H]1CCCC[C@@H]1Nc1ncnc2sc3c(c12)CCCC3. The summed E-state index contributed by atoms with van der Waals surface area (Å²) in [5.74, 6) is 0.936. The summed E-state index contributed by atoms with van der Waals surface area (Å²) in [6.07, 6.45) is 10.5. The van der Waals surface area contributed by atoms with E-state index >= 15 is 0 Å². The number of aryl methyl sites for hydroxylation is 2. The van der Waals surface area contributed by atoms with Crippen LogP contribution < -0.4 is 5.32 Å². The Morgan fingerprint density at radius 3 is 2.86 bits per heavy atom. The van der Waals surface area contributed by atoms with Crippen molar-refractivity contribution in [2.24, 2.45) is 0 Å². The average molecular weight is 303 g/mol. The Morgan fingerprint density at radius 1 is 1.10 bits per heavy atom. The van der Waals surface area contributed by atoms with Crippen LogP contribution in [0.2, 0.25) is 0 Å². The Morgan fingerprint density at radius 2 is 1.95 bits per heavy atom. The zero-order valence-electron chi connectivity index (χ0n) is 12.1. The molecule has 2 aliphatic rings. The Bertz CT molecular complexity index is 654. The van der Waals surface area contributed by atoms with Gasteiger partial charge in [0.15, 0.2) is 0 Å². The van der Waals surface area contributed by atoms with Crippen molar-refractivity contribution < 1.29 is 5.11 Å². The molecule has 5 heteroatoms. The monoisotopic (exact) mass is 303 g/mol. The van der Waals surface area contributed by atoms with Crippen LogP contribution >= 0.6 is 11.3 Å². The van der Waals surface area contributed by atoms with Crippen LogP contribution in [0, 0.1) is 0 Å². The Kier molecular flexibility index (Phi) is 3.55. The van der Waals surface area contributed by atoms with Crippen molar-refractivity contribution in [1.29, 1.82) is 0 Å². The summed E-state index contributed by atoms with van der Waals surface area (Å²) in [6, 6.07) is 0.135. The first-order chi connectivity index (χ1) is 10.3. The van der Waals surface area contributed by atoms with Gasteiger partial charge in [0, 0.05) is 4.88 Å². The lowest BCUT2D eigenvalue weighted by molar-refractivity contribution is 0.116. The molecule has 0 unspecified atom stereocenters. The molecule has 2 aromatic heterocycles. The minimum atomic E-state index is -0.252. The first kappa shape index (κ1) is 13.5. The first-order valence-corrected chi connectivity index (χ1v) is 8.84. The molecule has 2 N–H and O–H groups in total. The summed E-state index contributed by atoms with van der Waals surface area (Å²) in [4.78, 5) is 11.5. The fraction of sp³-hybridized carbons (Fsp3) is 0.625. The van der Waals surface area contributed by atoms with Crippen LogP contribution in [-0.2, 0) is 12.8 Å². The van der Waals surface area contributed by atoms with Gasteiger partial charge < -0.3 is 10.4 Å². The van der Waals surface area contributed by atoms with Gasteiger partial charge >= 0.3 is 0 Å². The molecule has 2 aliphatic carbocycles. The van der Waals surface area contributed by atoms with E-state index in [0.29, 0.717) is 0 Å². The second kappa shape index (κ2) is 5.54. The number of nitrogens with one attached hydrogen (secondary N) is 1. The molecule has 4 rings (SSSR count).